The fraction of sp³-hybridized carbons (Fsp3) is 0.261. The van der Waals surface area contributed by atoms with Gasteiger partial charge in [0.05, 0.1) is 38.5 Å². The molecule has 1 aromatic heterocycles. The first kappa shape index (κ1) is 24.6. The summed E-state index contributed by atoms with van der Waals surface area (Å²) in [6.45, 7) is 4.13. The van der Waals surface area contributed by atoms with Gasteiger partial charge in [0.1, 0.15) is 17.4 Å². The van der Waals surface area contributed by atoms with Crippen LogP contribution in [0.4, 0.5) is 0 Å². The number of nitrogens with zero attached hydrogens (tertiary/aromatic N) is 2. The maximum absolute atomic E-state index is 13.1. The zero-order valence-corrected chi connectivity index (χ0v) is 20.3. The monoisotopic (exact) mass is 490 g/mol. The largest absolute Gasteiger partial charge is 0.497 e. The van der Waals surface area contributed by atoms with Gasteiger partial charge in [-0.3, -0.25) is 0 Å². The Morgan fingerprint density at radius 3 is 2.27 bits per heavy atom. The number of methoxy groups -OCH3 is 3. The molecule has 0 radical (unpaired) electrons. The van der Waals surface area contributed by atoms with Gasteiger partial charge in [0.25, 0.3) is 0 Å². The van der Waals surface area contributed by atoms with E-state index >= 15 is 0 Å². The fourth-order valence-electron chi connectivity index (χ4n) is 3.05. The molecule has 0 aliphatic carbocycles. The number of rotatable bonds is 12. The van der Waals surface area contributed by atoms with E-state index in [2.05, 4.69) is 11.6 Å². The van der Waals surface area contributed by atoms with Gasteiger partial charge in [-0.2, -0.15) is 4.31 Å². The molecule has 0 saturated heterocycles. The van der Waals surface area contributed by atoms with E-state index in [1.807, 2.05) is 11.4 Å². The number of benzene rings is 2. The summed E-state index contributed by atoms with van der Waals surface area (Å²) >= 11 is 1.39. The van der Waals surface area contributed by atoms with Crippen LogP contribution in [0, 0.1) is 0 Å². The Morgan fingerprint density at radius 2 is 1.70 bits per heavy atom. The van der Waals surface area contributed by atoms with Crippen LogP contribution in [0.1, 0.15) is 10.7 Å². The number of thiazole rings is 1. The molecular formula is C23H26N2O6S2. The summed E-state index contributed by atoms with van der Waals surface area (Å²) in [5, 5.41) is 2.51. The fourth-order valence-corrected chi connectivity index (χ4v) is 5.13. The highest BCUT2D eigenvalue weighted by Gasteiger charge is 2.25. The van der Waals surface area contributed by atoms with Crippen LogP contribution in [0.3, 0.4) is 0 Å². The van der Waals surface area contributed by atoms with Crippen molar-refractivity contribution in [3.05, 3.63) is 71.2 Å². The van der Waals surface area contributed by atoms with Gasteiger partial charge in [0, 0.05) is 11.9 Å². The molecule has 0 saturated carbocycles. The normalized spacial score (nSPS) is 11.3. The molecule has 3 aromatic rings. The van der Waals surface area contributed by atoms with Gasteiger partial charge < -0.3 is 18.9 Å². The van der Waals surface area contributed by atoms with E-state index < -0.39 is 10.0 Å². The minimum atomic E-state index is -3.74. The van der Waals surface area contributed by atoms with Crippen molar-refractivity contribution < 1.29 is 27.4 Å². The molecule has 33 heavy (non-hydrogen) atoms. The van der Waals surface area contributed by atoms with E-state index in [1.54, 1.807) is 44.6 Å². The molecule has 0 aliphatic rings. The van der Waals surface area contributed by atoms with Crippen LogP contribution in [0.15, 0.2) is 65.4 Å². The summed E-state index contributed by atoms with van der Waals surface area (Å²) < 4.78 is 49.3. The van der Waals surface area contributed by atoms with Crippen molar-refractivity contribution in [1.82, 2.24) is 9.29 Å². The first-order valence-electron chi connectivity index (χ1n) is 9.95. The van der Waals surface area contributed by atoms with Crippen molar-refractivity contribution >= 4 is 21.4 Å². The van der Waals surface area contributed by atoms with Crippen molar-refractivity contribution in [1.29, 1.82) is 0 Å². The van der Waals surface area contributed by atoms with Crippen molar-refractivity contribution in [2.75, 3.05) is 27.9 Å². The van der Waals surface area contributed by atoms with Crippen molar-refractivity contribution in [3.63, 3.8) is 0 Å². The molecule has 0 atom stereocenters. The van der Waals surface area contributed by atoms with Crippen LogP contribution >= 0.6 is 11.3 Å². The summed E-state index contributed by atoms with van der Waals surface area (Å²) in [6, 6.07) is 11.6. The van der Waals surface area contributed by atoms with E-state index in [4.69, 9.17) is 18.9 Å². The second kappa shape index (κ2) is 11.2. The Morgan fingerprint density at radius 1 is 1.03 bits per heavy atom. The molecule has 0 spiro atoms. The molecular weight excluding hydrogens is 464 g/mol. The number of para-hydroxylation sites is 1. The average molecular weight is 491 g/mol. The van der Waals surface area contributed by atoms with E-state index in [0.29, 0.717) is 33.7 Å². The Balaban J connectivity index is 1.74. The van der Waals surface area contributed by atoms with Gasteiger partial charge >= 0.3 is 0 Å². The Kier molecular flexibility index (Phi) is 8.32. The Bertz CT molecular complexity index is 1150. The molecule has 0 amide bonds. The zero-order chi connectivity index (χ0) is 23.8. The maximum atomic E-state index is 13.1. The number of aromatic nitrogens is 1. The standard InChI is InChI=1S/C23H26N2O6S2/c1-5-13-25(33(26,27)19-11-9-18(28-2)10-12-19)14-17-16-32-22(24-17)15-31-23-20(29-3)7-6-8-21(23)30-4/h5-12,16H,1,13-15H2,2-4H3. The minimum Gasteiger partial charge on any atom is -0.497 e. The van der Waals surface area contributed by atoms with Gasteiger partial charge in [-0.05, 0) is 36.4 Å². The highest BCUT2D eigenvalue weighted by atomic mass is 32.2. The third-order valence-corrected chi connectivity index (χ3v) is 7.39. The summed E-state index contributed by atoms with van der Waals surface area (Å²) in [4.78, 5) is 4.72. The smallest absolute Gasteiger partial charge is 0.243 e. The first-order chi connectivity index (χ1) is 15.9. The third kappa shape index (κ3) is 5.84. The lowest BCUT2D eigenvalue weighted by atomic mass is 10.3. The number of sulfonamides is 1. The second-order valence-electron chi connectivity index (χ2n) is 6.77. The molecule has 2 aromatic carbocycles. The van der Waals surface area contributed by atoms with Gasteiger partial charge in [0.2, 0.25) is 15.8 Å². The van der Waals surface area contributed by atoms with Crippen LogP contribution in [0.25, 0.3) is 0 Å². The number of ether oxygens (including phenoxy) is 4. The van der Waals surface area contributed by atoms with Crippen molar-refractivity contribution in [2.24, 2.45) is 0 Å². The molecule has 0 bridgehead atoms. The Labute approximate surface area is 198 Å². The molecule has 10 heteroatoms. The average Bonchev–Trinajstić information content (AvgIpc) is 3.29. The Hall–Kier alpha value is -3.08. The molecule has 3 rings (SSSR count). The lowest BCUT2D eigenvalue weighted by molar-refractivity contribution is 0.265. The van der Waals surface area contributed by atoms with Crippen molar-refractivity contribution in [2.45, 2.75) is 18.0 Å². The van der Waals surface area contributed by atoms with E-state index in [9.17, 15) is 8.42 Å². The predicted molar refractivity (Wildman–Crippen MR) is 127 cm³/mol. The van der Waals surface area contributed by atoms with Crippen LogP contribution in [-0.4, -0.2) is 45.6 Å². The lowest BCUT2D eigenvalue weighted by Gasteiger charge is -2.20. The molecule has 0 N–H and O–H groups in total. The van der Waals surface area contributed by atoms with E-state index in [1.165, 1.54) is 34.9 Å². The summed E-state index contributed by atoms with van der Waals surface area (Å²) in [7, 11) is 0.897. The van der Waals surface area contributed by atoms with Gasteiger partial charge in [-0.25, -0.2) is 13.4 Å². The minimum absolute atomic E-state index is 0.106. The molecule has 0 aliphatic heterocycles. The quantitative estimate of drug-likeness (QED) is 0.353. The van der Waals surface area contributed by atoms with Crippen LogP contribution in [-0.2, 0) is 23.2 Å². The molecule has 0 fully saturated rings. The van der Waals surface area contributed by atoms with Crippen molar-refractivity contribution in [3.8, 4) is 23.0 Å². The van der Waals surface area contributed by atoms with Crippen LogP contribution in [0.5, 0.6) is 23.0 Å². The van der Waals surface area contributed by atoms with Gasteiger partial charge in [-0.15, -0.1) is 17.9 Å². The number of hydrogen-bond donors (Lipinski definition) is 0. The summed E-state index contributed by atoms with van der Waals surface area (Å²) in [5.74, 6) is 2.16. The highest BCUT2D eigenvalue weighted by molar-refractivity contribution is 7.89. The van der Waals surface area contributed by atoms with Crippen LogP contribution < -0.4 is 18.9 Å². The number of hydrogen-bond acceptors (Lipinski definition) is 8. The maximum Gasteiger partial charge on any atom is 0.243 e. The zero-order valence-electron chi connectivity index (χ0n) is 18.7. The lowest BCUT2D eigenvalue weighted by Crippen LogP contribution is -2.31. The molecule has 8 nitrogen and oxygen atoms in total. The summed E-state index contributed by atoms with van der Waals surface area (Å²) in [5.41, 5.74) is 0.615. The third-order valence-electron chi connectivity index (χ3n) is 4.69. The van der Waals surface area contributed by atoms with E-state index in [0.717, 1.165) is 0 Å². The second-order valence-corrected chi connectivity index (χ2v) is 9.66. The molecule has 1 heterocycles. The van der Waals surface area contributed by atoms with Crippen LogP contribution in [0.2, 0.25) is 0 Å². The SMILES string of the molecule is C=CCN(Cc1csc(COc2c(OC)cccc2OC)n1)S(=O)(=O)c1ccc(OC)cc1. The molecule has 0 unspecified atom stereocenters. The van der Waals surface area contributed by atoms with Gasteiger partial charge in [0.15, 0.2) is 11.5 Å². The van der Waals surface area contributed by atoms with Gasteiger partial charge in [-0.1, -0.05) is 12.1 Å². The predicted octanol–water partition coefficient (Wildman–Crippen LogP) is 4.12. The molecule has 176 valence electrons. The summed E-state index contributed by atoms with van der Waals surface area (Å²) in [6.07, 6.45) is 1.55. The first-order valence-corrected chi connectivity index (χ1v) is 12.3. The highest BCUT2D eigenvalue weighted by Crippen LogP contribution is 2.37. The van der Waals surface area contributed by atoms with E-state index in [-0.39, 0.29) is 24.6 Å². The topological polar surface area (TPSA) is 87.2 Å².